The van der Waals surface area contributed by atoms with E-state index in [1.54, 1.807) is 11.3 Å². The number of nitrogens with one attached hydrogen (secondary N) is 1. The molecule has 0 bridgehead atoms. The summed E-state index contributed by atoms with van der Waals surface area (Å²) in [6.07, 6.45) is 2.40. The molecule has 0 spiro atoms. The summed E-state index contributed by atoms with van der Waals surface area (Å²) in [5.41, 5.74) is 6.82. The van der Waals surface area contributed by atoms with Crippen molar-refractivity contribution in [2.24, 2.45) is 5.73 Å². The second kappa shape index (κ2) is 8.25. The van der Waals surface area contributed by atoms with Crippen molar-refractivity contribution in [2.45, 2.75) is 32.2 Å². The van der Waals surface area contributed by atoms with Gasteiger partial charge in [-0.1, -0.05) is 18.2 Å². The summed E-state index contributed by atoms with van der Waals surface area (Å²) in [5, 5.41) is 6.41. The summed E-state index contributed by atoms with van der Waals surface area (Å²) in [4.78, 5) is 11.6. The first-order chi connectivity index (χ1) is 9.20. The second-order valence-electron chi connectivity index (χ2n) is 4.81. The quantitative estimate of drug-likeness (QED) is 0.861. The molecule has 5 heteroatoms. The molecule has 0 unspecified atom stereocenters. The Hall–Kier alpha value is -1.10. The lowest BCUT2D eigenvalue weighted by molar-refractivity contribution is -0.121. The minimum absolute atomic E-state index is 0. The van der Waals surface area contributed by atoms with Crippen LogP contribution in [-0.4, -0.2) is 18.5 Å². The van der Waals surface area contributed by atoms with Gasteiger partial charge in [-0.25, -0.2) is 0 Å². The molecule has 1 heterocycles. The third kappa shape index (κ3) is 4.47. The number of rotatable bonds is 6. The van der Waals surface area contributed by atoms with Gasteiger partial charge in [0.1, 0.15) is 0 Å². The molecule has 0 saturated heterocycles. The van der Waals surface area contributed by atoms with E-state index in [1.165, 1.54) is 15.6 Å². The number of nitrogens with two attached hydrogens (primary N) is 1. The molecule has 1 aromatic heterocycles. The van der Waals surface area contributed by atoms with E-state index in [2.05, 4.69) is 35.0 Å². The number of benzene rings is 1. The number of carbonyl (C=O) groups is 1. The highest BCUT2D eigenvalue weighted by Crippen LogP contribution is 2.26. The summed E-state index contributed by atoms with van der Waals surface area (Å²) in [6.45, 7) is 2.41. The molecule has 1 atom stereocenters. The molecule has 3 nitrogen and oxygen atoms in total. The fourth-order valence-electron chi connectivity index (χ4n) is 2.07. The van der Waals surface area contributed by atoms with Crippen LogP contribution in [0.1, 0.15) is 25.3 Å². The lowest BCUT2D eigenvalue weighted by atomic mass is 10.1. The van der Waals surface area contributed by atoms with Gasteiger partial charge < -0.3 is 11.1 Å². The molecule has 1 amide bonds. The van der Waals surface area contributed by atoms with Crippen LogP contribution in [0.3, 0.4) is 0 Å². The third-order valence-corrected chi connectivity index (χ3v) is 4.18. The first kappa shape index (κ1) is 17.0. The van der Waals surface area contributed by atoms with Crippen LogP contribution in [0.25, 0.3) is 10.1 Å². The second-order valence-corrected chi connectivity index (χ2v) is 5.73. The van der Waals surface area contributed by atoms with E-state index in [9.17, 15) is 4.79 Å². The van der Waals surface area contributed by atoms with Gasteiger partial charge in [0, 0.05) is 23.7 Å². The number of carbonyl (C=O) groups excluding carboxylic acids is 1. The third-order valence-electron chi connectivity index (χ3n) is 3.17. The fourth-order valence-corrected chi connectivity index (χ4v) is 3.07. The van der Waals surface area contributed by atoms with Crippen molar-refractivity contribution in [3.05, 3.63) is 35.2 Å². The molecule has 0 aliphatic rings. The van der Waals surface area contributed by atoms with E-state index in [4.69, 9.17) is 5.73 Å². The summed E-state index contributed by atoms with van der Waals surface area (Å²) < 4.78 is 1.32. The summed E-state index contributed by atoms with van der Waals surface area (Å²) >= 11 is 1.77. The zero-order valence-electron chi connectivity index (χ0n) is 11.6. The summed E-state index contributed by atoms with van der Waals surface area (Å²) in [5.74, 6) is 0.0949. The molecule has 0 fully saturated rings. The van der Waals surface area contributed by atoms with E-state index >= 15 is 0 Å². The Balaban J connectivity index is 0.00000200. The van der Waals surface area contributed by atoms with Crippen LogP contribution >= 0.6 is 23.7 Å². The van der Waals surface area contributed by atoms with Crippen LogP contribution < -0.4 is 11.1 Å². The molecule has 2 rings (SSSR count). The predicted octanol–water partition coefficient (Wildman–Crippen LogP) is 3.11. The molecule has 110 valence electrons. The number of halogens is 1. The number of thiophene rings is 1. The number of hydrogen-bond acceptors (Lipinski definition) is 3. The molecule has 0 radical (unpaired) electrons. The zero-order valence-corrected chi connectivity index (χ0v) is 13.2. The van der Waals surface area contributed by atoms with Gasteiger partial charge >= 0.3 is 0 Å². The molecule has 0 aliphatic heterocycles. The van der Waals surface area contributed by atoms with Crippen molar-refractivity contribution >= 4 is 39.7 Å². The number of aryl methyl sites for hydroxylation is 1. The van der Waals surface area contributed by atoms with Gasteiger partial charge in [-0.2, -0.15) is 0 Å². The van der Waals surface area contributed by atoms with Crippen LogP contribution in [0, 0.1) is 0 Å². The Morgan fingerprint density at radius 3 is 2.90 bits per heavy atom. The smallest absolute Gasteiger partial charge is 0.220 e. The van der Waals surface area contributed by atoms with E-state index in [-0.39, 0.29) is 24.4 Å². The highest BCUT2D eigenvalue weighted by atomic mass is 35.5. The average Bonchev–Trinajstić information content (AvgIpc) is 2.82. The average molecular weight is 313 g/mol. The van der Waals surface area contributed by atoms with Gasteiger partial charge in [0.2, 0.25) is 5.91 Å². The Morgan fingerprint density at radius 1 is 1.40 bits per heavy atom. The highest BCUT2D eigenvalue weighted by molar-refractivity contribution is 7.17. The van der Waals surface area contributed by atoms with Crippen LogP contribution in [0.2, 0.25) is 0 Å². The van der Waals surface area contributed by atoms with Gasteiger partial charge in [0.05, 0.1) is 0 Å². The SMILES string of the molecule is C[C@@H](CN)NC(=O)CCCc1csc2ccccc12.Cl. The normalized spacial score (nSPS) is 11.9. The van der Waals surface area contributed by atoms with E-state index in [1.807, 2.05) is 6.92 Å². The van der Waals surface area contributed by atoms with Crippen molar-refractivity contribution in [3.8, 4) is 0 Å². The van der Waals surface area contributed by atoms with Gasteiger partial charge in [0.15, 0.2) is 0 Å². The van der Waals surface area contributed by atoms with Crippen LogP contribution in [0.5, 0.6) is 0 Å². The summed E-state index contributed by atoms with van der Waals surface area (Å²) in [6, 6.07) is 8.48. The largest absolute Gasteiger partial charge is 0.352 e. The zero-order chi connectivity index (χ0) is 13.7. The number of fused-ring (bicyclic) bond motifs is 1. The van der Waals surface area contributed by atoms with E-state index < -0.39 is 0 Å². The Labute approximate surface area is 130 Å². The fraction of sp³-hybridized carbons (Fsp3) is 0.400. The van der Waals surface area contributed by atoms with Crippen LogP contribution in [-0.2, 0) is 11.2 Å². The highest BCUT2D eigenvalue weighted by Gasteiger charge is 2.07. The first-order valence-corrected chi connectivity index (χ1v) is 7.53. The maximum absolute atomic E-state index is 11.6. The molecular formula is C15H21ClN2OS. The molecule has 0 aliphatic carbocycles. The van der Waals surface area contributed by atoms with Crippen LogP contribution in [0.15, 0.2) is 29.6 Å². The monoisotopic (exact) mass is 312 g/mol. The van der Waals surface area contributed by atoms with Crippen molar-refractivity contribution in [2.75, 3.05) is 6.54 Å². The Morgan fingerprint density at radius 2 is 2.15 bits per heavy atom. The number of amides is 1. The van der Waals surface area contributed by atoms with Crippen LogP contribution in [0.4, 0.5) is 0 Å². The summed E-state index contributed by atoms with van der Waals surface area (Å²) in [7, 11) is 0. The molecule has 1 aromatic carbocycles. The topological polar surface area (TPSA) is 55.1 Å². The Kier molecular flexibility index (Phi) is 6.99. The Bertz CT molecular complexity index is 556. The van der Waals surface area contributed by atoms with Crippen molar-refractivity contribution in [3.63, 3.8) is 0 Å². The molecule has 3 N–H and O–H groups in total. The van der Waals surface area contributed by atoms with Crippen molar-refractivity contribution < 1.29 is 4.79 Å². The lowest BCUT2D eigenvalue weighted by Gasteiger charge is -2.10. The maximum atomic E-state index is 11.6. The van der Waals surface area contributed by atoms with Gasteiger partial charge in [0.25, 0.3) is 0 Å². The molecular weight excluding hydrogens is 292 g/mol. The van der Waals surface area contributed by atoms with Gasteiger partial charge in [-0.3, -0.25) is 4.79 Å². The van der Waals surface area contributed by atoms with E-state index in [0.29, 0.717) is 13.0 Å². The minimum Gasteiger partial charge on any atom is -0.352 e. The van der Waals surface area contributed by atoms with Gasteiger partial charge in [-0.15, -0.1) is 23.7 Å². The molecule has 2 aromatic rings. The van der Waals surface area contributed by atoms with Crippen molar-refractivity contribution in [1.29, 1.82) is 0 Å². The number of hydrogen-bond donors (Lipinski definition) is 2. The van der Waals surface area contributed by atoms with Crippen molar-refractivity contribution in [1.82, 2.24) is 5.32 Å². The maximum Gasteiger partial charge on any atom is 0.220 e. The molecule has 20 heavy (non-hydrogen) atoms. The first-order valence-electron chi connectivity index (χ1n) is 6.65. The van der Waals surface area contributed by atoms with Gasteiger partial charge in [-0.05, 0) is 42.2 Å². The molecule has 0 saturated carbocycles. The predicted molar refractivity (Wildman–Crippen MR) is 88.7 cm³/mol. The van der Waals surface area contributed by atoms with E-state index in [0.717, 1.165) is 12.8 Å². The minimum atomic E-state index is 0. The standard InChI is InChI=1S/C15H20N2OS.ClH/c1-11(9-16)17-15(18)8-4-5-12-10-19-14-7-3-2-6-13(12)14;/h2-3,6-7,10-11H,4-5,8-9,16H2,1H3,(H,17,18);1H/t11-;/m0./s1. The lowest BCUT2D eigenvalue weighted by Crippen LogP contribution is -2.37.